The van der Waals surface area contributed by atoms with E-state index in [1.807, 2.05) is 0 Å². The minimum Gasteiger partial charge on any atom is -0.550 e. The first-order chi connectivity index (χ1) is 9.16. The number of rotatable bonds is 3. The first kappa shape index (κ1) is 12.1. The van der Waals surface area contributed by atoms with Gasteiger partial charge < -0.3 is 20.0 Å². The van der Waals surface area contributed by atoms with Crippen molar-refractivity contribution in [3.05, 3.63) is 24.5 Å². The number of carbonyl (C=O) groups excluding carboxylic acids is 2. The molecule has 0 spiro atoms. The van der Waals surface area contributed by atoms with Crippen LogP contribution < -0.4 is 10.4 Å². The molecule has 0 unspecified atom stereocenters. The van der Waals surface area contributed by atoms with E-state index >= 15 is 0 Å². The van der Waals surface area contributed by atoms with Gasteiger partial charge in [-0.05, 0) is 25.0 Å². The molecule has 4 atom stereocenters. The molecule has 100 valence electrons. The number of hydrogen-bond acceptors (Lipinski definition) is 5. The van der Waals surface area contributed by atoms with Crippen LogP contribution in [0, 0.1) is 11.8 Å². The molecule has 0 saturated carbocycles. The molecular formula is C13H13N2O4-. The summed E-state index contributed by atoms with van der Waals surface area (Å²) in [4.78, 5) is 27.3. The average Bonchev–Trinajstić information content (AvgIpc) is 2.99. The number of amides is 1. The van der Waals surface area contributed by atoms with Crippen LogP contribution in [0.4, 0.5) is 5.69 Å². The van der Waals surface area contributed by atoms with E-state index in [2.05, 4.69) is 10.3 Å². The number of anilines is 1. The van der Waals surface area contributed by atoms with Gasteiger partial charge in [-0.1, -0.05) is 0 Å². The van der Waals surface area contributed by atoms with Crippen LogP contribution in [0.2, 0.25) is 0 Å². The Morgan fingerprint density at radius 1 is 1.32 bits per heavy atom. The summed E-state index contributed by atoms with van der Waals surface area (Å²) in [5, 5.41) is 13.9. The number of fused-ring (bicyclic) bond motifs is 2. The van der Waals surface area contributed by atoms with E-state index in [0.717, 1.165) is 6.42 Å². The van der Waals surface area contributed by atoms with Crippen molar-refractivity contribution in [3.8, 4) is 0 Å². The Balaban J connectivity index is 1.77. The highest BCUT2D eigenvalue weighted by Gasteiger charge is 2.52. The molecule has 2 saturated heterocycles. The molecule has 6 nitrogen and oxygen atoms in total. The number of aliphatic carboxylic acids is 1. The second-order valence-corrected chi connectivity index (χ2v) is 4.89. The summed E-state index contributed by atoms with van der Waals surface area (Å²) in [5.41, 5.74) is 0.548. The highest BCUT2D eigenvalue weighted by molar-refractivity contribution is 5.95. The largest absolute Gasteiger partial charge is 0.550 e. The number of carboxylic acid groups (broad SMARTS) is 1. The van der Waals surface area contributed by atoms with E-state index in [9.17, 15) is 14.7 Å². The lowest BCUT2D eigenvalue weighted by molar-refractivity contribution is -0.313. The number of nitrogens with zero attached hydrogens (tertiary/aromatic N) is 1. The molecule has 0 aromatic carbocycles. The van der Waals surface area contributed by atoms with Gasteiger partial charge in [-0.15, -0.1) is 0 Å². The predicted molar refractivity (Wildman–Crippen MR) is 62.7 cm³/mol. The highest BCUT2D eigenvalue weighted by Crippen LogP contribution is 2.43. The van der Waals surface area contributed by atoms with Crippen molar-refractivity contribution in [2.24, 2.45) is 11.8 Å². The summed E-state index contributed by atoms with van der Waals surface area (Å²) in [7, 11) is 0. The van der Waals surface area contributed by atoms with Crippen molar-refractivity contribution in [3.63, 3.8) is 0 Å². The first-order valence-electron chi connectivity index (χ1n) is 6.24. The fourth-order valence-electron chi connectivity index (χ4n) is 2.97. The highest BCUT2D eigenvalue weighted by atomic mass is 16.5. The zero-order valence-corrected chi connectivity index (χ0v) is 10.1. The molecule has 2 bridgehead atoms. The third-order valence-electron chi connectivity index (χ3n) is 3.78. The molecule has 1 amide bonds. The zero-order chi connectivity index (χ0) is 13.4. The maximum atomic E-state index is 12.2. The van der Waals surface area contributed by atoms with E-state index in [1.165, 1.54) is 6.20 Å². The number of nitrogens with one attached hydrogen (secondary N) is 1. The number of aromatic nitrogens is 1. The second kappa shape index (κ2) is 4.62. The maximum Gasteiger partial charge on any atom is 0.230 e. The second-order valence-electron chi connectivity index (χ2n) is 4.89. The van der Waals surface area contributed by atoms with E-state index in [0.29, 0.717) is 12.1 Å². The fraction of sp³-hybridized carbons (Fsp3) is 0.462. The summed E-state index contributed by atoms with van der Waals surface area (Å²) in [6.07, 6.45) is 3.81. The third-order valence-corrected chi connectivity index (χ3v) is 3.78. The zero-order valence-electron chi connectivity index (χ0n) is 10.1. The normalized spacial score (nSPS) is 32.2. The Morgan fingerprint density at radius 3 is 2.68 bits per heavy atom. The summed E-state index contributed by atoms with van der Waals surface area (Å²) in [6, 6.07) is 3.40. The number of carboxylic acids is 1. The van der Waals surface area contributed by atoms with Gasteiger partial charge in [-0.2, -0.15) is 0 Å². The molecule has 6 heteroatoms. The van der Waals surface area contributed by atoms with Crippen molar-refractivity contribution < 1.29 is 19.4 Å². The van der Waals surface area contributed by atoms with Crippen LogP contribution in [0.25, 0.3) is 0 Å². The van der Waals surface area contributed by atoms with Crippen molar-refractivity contribution in [2.75, 3.05) is 5.32 Å². The maximum absolute atomic E-state index is 12.2. The molecule has 2 fully saturated rings. The third kappa shape index (κ3) is 2.08. The van der Waals surface area contributed by atoms with Crippen LogP contribution in [0.15, 0.2) is 24.5 Å². The van der Waals surface area contributed by atoms with Crippen LogP contribution in [-0.4, -0.2) is 29.1 Å². The molecule has 1 aromatic rings. The minimum atomic E-state index is -1.21. The summed E-state index contributed by atoms with van der Waals surface area (Å²) >= 11 is 0. The molecule has 1 N–H and O–H groups in total. The van der Waals surface area contributed by atoms with Crippen molar-refractivity contribution in [2.45, 2.75) is 25.0 Å². The van der Waals surface area contributed by atoms with Gasteiger partial charge in [0.1, 0.15) is 0 Å². The molecule has 3 heterocycles. The predicted octanol–water partition coefficient (Wildman–Crippen LogP) is -0.436. The van der Waals surface area contributed by atoms with E-state index in [-0.39, 0.29) is 18.1 Å². The van der Waals surface area contributed by atoms with Gasteiger partial charge in [0.2, 0.25) is 5.91 Å². The molecule has 1 aromatic heterocycles. The SMILES string of the molecule is O=C([O-])[C@@H]1[C@H](C(=O)Nc2cccnc2)[C@@H]2CC[C@H]1O2. The molecule has 0 radical (unpaired) electrons. The Morgan fingerprint density at radius 2 is 2.05 bits per heavy atom. The standard InChI is InChI=1S/C13H14N2O4/c16-12(15-7-2-1-5-14-6-7)10-8-3-4-9(19-8)11(10)13(17)18/h1-2,5-6,8-11H,3-4H2,(H,15,16)(H,17,18)/p-1/t8-,9+,10+,11-/m0/s1. The van der Waals surface area contributed by atoms with E-state index < -0.39 is 17.8 Å². The van der Waals surface area contributed by atoms with Gasteiger partial charge in [-0.3, -0.25) is 9.78 Å². The van der Waals surface area contributed by atoms with E-state index in [4.69, 9.17) is 4.74 Å². The molecule has 19 heavy (non-hydrogen) atoms. The van der Waals surface area contributed by atoms with Gasteiger partial charge in [0.25, 0.3) is 0 Å². The van der Waals surface area contributed by atoms with Crippen LogP contribution in [0.3, 0.4) is 0 Å². The van der Waals surface area contributed by atoms with Crippen LogP contribution >= 0.6 is 0 Å². The quantitative estimate of drug-likeness (QED) is 0.796. The van der Waals surface area contributed by atoms with Gasteiger partial charge in [0.15, 0.2) is 0 Å². The molecule has 2 aliphatic heterocycles. The number of carbonyl (C=O) groups is 2. The Hall–Kier alpha value is -1.95. The number of ether oxygens (including phenoxy) is 1. The summed E-state index contributed by atoms with van der Waals surface area (Å²) in [5.74, 6) is -3.08. The molecule has 0 aliphatic carbocycles. The van der Waals surface area contributed by atoms with Gasteiger partial charge in [-0.25, -0.2) is 0 Å². The minimum absolute atomic E-state index is 0.315. The van der Waals surface area contributed by atoms with Crippen molar-refractivity contribution in [1.29, 1.82) is 0 Å². The van der Waals surface area contributed by atoms with Gasteiger partial charge in [0.05, 0.1) is 30.0 Å². The fourth-order valence-corrected chi connectivity index (χ4v) is 2.97. The van der Waals surface area contributed by atoms with Crippen LogP contribution in [0.5, 0.6) is 0 Å². The lowest BCUT2D eigenvalue weighted by Gasteiger charge is -2.27. The first-order valence-corrected chi connectivity index (χ1v) is 6.24. The van der Waals surface area contributed by atoms with Gasteiger partial charge in [0, 0.05) is 18.1 Å². The summed E-state index contributed by atoms with van der Waals surface area (Å²) < 4.78 is 5.52. The molecule has 3 rings (SSSR count). The topological polar surface area (TPSA) is 91.3 Å². The Bertz CT molecular complexity index is 505. The Kier molecular flexibility index (Phi) is 2.94. The van der Waals surface area contributed by atoms with Gasteiger partial charge >= 0.3 is 0 Å². The van der Waals surface area contributed by atoms with Crippen LogP contribution in [0.1, 0.15) is 12.8 Å². The molecule has 2 aliphatic rings. The lowest BCUT2D eigenvalue weighted by atomic mass is 9.78. The molecular weight excluding hydrogens is 248 g/mol. The smallest absolute Gasteiger partial charge is 0.230 e. The van der Waals surface area contributed by atoms with E-state index in [1.54, 1.807) is 18.3 Å². The van der Waals surface area contributed by atoms with Crippen molar-refractivity contribution in [1.82, 2.24) is 4.98 Å². The lowest BCUT2D eigenvalue weighted by Crippen LogP contribution is -2.46. The average molecular weight is 261 g/mol. The van der Waals surface area contributed by atoms with Crippen molar-refractivity contribution >= 4 is 17.6 Å². The number of hydrogen-bond donors (Lipinski definition) is 1. The Labute approximate surface area is 109 Å². The number of pyridine rings is 1. The van der Waals surface area contributed by atoms with Crippen LogP contribution in [-0.2, 0) is 14.3 Å². The monoisotopic (exact) mass is 261 g/mol. The summed E-state index contributed by atoms with van der Waals surface area (Å²) in [6.45, 7) is 0.